The van der Waals surface area contributed by atoms with Crippen molar-refractivity contribution in [1.29, 1.82) is 0 Å². The first-order chi connectivity index (χ1) is 9.97. The summed E-state index contributed by atoms with van der Waals surface area (Å²) in [5.74, 6) is -0.479. The predicted octanol–water partition coefficient (Wildman–Crippen LogP) is 2.04. The third kappa shape index (κ3) is 4.53. The SMILES string of the molecule is CC(C)N1CCN(C[C@@H](C(N)=O)c2ccc(Br)cc2)CC1. The lowest BCUT2D eigenvalue weighted by atomic mass is 9.97. The first-order valence-electron chi connectivity index (χ1n) is 7.48. The largest absolute Gasteiger partial charge is 0.369 e. The summed E-state index contributed by atoms with van der Waals surface area (Å²) >= 11 is 3.42. The minimum absolute atomic E-state index is 0.233. The van der Waals surface area contributed by atoms with Gasteiger partial charge in [-0.25, -0.2) is 0 Å². The van der Waals surface area contributed by atoms with Gasteiger partial charge < -0.3 is 5.73 Å². The fourth-order valence-corrected chi connectivity index (χ4v) is 3.04. The van der Waals surface area contributed by atoms with Crippen molar-refractivity contribution in [1.82, 2.24) is 9.80 Å². The van der Waals surface area contributed by atoms with E-state index in [1.165, 1.54) is 0 Å². The van der Waals surface area contributed by atoms with Crippen molar-refractivity contribution < 1.29 is 4.79 Å². The molecule has 1 heterocycles. The molecule has 1 fully saturated rings. The molecular formula is C16H24BrN3O. The quantitative estimate of drug-likeness (QED) is 0.881. The molecule has 1 aromatic rings. The van der Waals surface area contributed by atoms with Crippen LogP contribution in [0.25, 0.3) is 0 Å². The maximum Gasteiger partial charge on any atom is 0.226 e. The molecule has 0 bridgehead atoms. The Labute approximate surface area is 135 Å². The number of benzene rings is 1. The Kier molecular flexibility index (Phi) is 5.79. The summed E-state index contributed by atoms with van der Waals surface area (Å²) < 4.78 is 1.01. The van der Waals surface area contributed by atoms with Gasteiger partial charge in [0.25, 0.3) is 0 Å². The van der Waals surface area contributed by atoms with Crippen molar-refractivity contribution in [3.63, 3.8) is 0 Å². The highest BCUT2D eigenvalue weighted by Crippen LogP contribution is 2.20. The molecule has 4 nitrogen and oxygen atoms in total. The zero-order valence-corrected chi connectivity index (χ0v) is 14.3. The number of hydrogen-bond acceptors (Lipinski definition) is 3. The molecular weight excluding hydrogens is 330 g/mol. The van der Waals surface area contributed by atoms with Gasteiger partial charge >= 0.3 is 0 Å². The molecule has 0 aromatic heterocycles. The summed E-state index contributed by atoms with van der Waals surface area (Å²) in [4.78, 5) is 16.6. The molecule has 0 saturated carbocycles. The molecule has 0 spiro atoms. The fourth-order valence-electron chi connectivity index (χ4n) is 2.78. The van der Waals surface area contributed by atoms with Crippen molar-refractivity contribution in [3.05, 3.63) is 34.3 Å². The molecule has 1 saturated heterocycles. The van der Waals surface area contributed by atoms with Gasteiger partial charge in [-0.05, 0) is 31.5 Å². The summed E-state index contributed by atoms with van der Waals surface area (Å²) in [6, 6.07) is 8.46. The average Bonchev–Trinajstić information content (AvgIpc) is 2.46. The van der Waals surface area contributed by atoms with Crippen LogP contribution in [0.3, 0.4) is 0 Å². The Hall–Kier alpha value is -0.910. The summed E-state index contributed by atoms with van der Waals surface area (Å²) in [5, 5.41) is 0. The van der Waals surface area contributed by atoms with Crippen LogP contribution < -0.4 is 5.73 Å². The number of piperazine rings is 1. The lowest BCUT2D eigenvalue weighted by Crippen LogP contribution is -2.50. The lowest BCUT2D eigenvalue weighted by Gasteiger charge is -2.38. The molecule has 1 atom stereocenters. The fraction of sp³-hybridized carbons (Fsp3) is 0.562. The van der Waals surface area contributed by atoms with E-state index >= 15 is 0 Å². The number of carbonyl (C=O) groups is 1. The highest BCUT2D eigenvalue weighted by atomic mass is 79.9. The maximum absolute atomic E-state index is 11.8. The Morgan fingerprint density at radius 3 is 2.24 bits per heavy atom. The Balaban J connectivity index is 1.98. The molecule has 1 aliphatic rings. The van der Waals surface area contributed by atoms with Gasteiger partial charge in [-0.15, -0.1) is 0 Å². The smallest absolute Gasteiger partial charge is 0.226 e. The van der Waals surface area contributed by atoms with Crippen molar-refractivity contribution in [2.75, 3.05) is 32.7 Å². The third-order valence-electron chi connectivity index (χ3n) is 4.19. The second-order valence-corrected chi connectivity index (χ2v) is 6.85. The summed E-state index contributed by atoms with van der Waals surface area (Å²) in [7, 11) is 0. The van der Waals surface area contributed by atoms with E-state index in [2.05, 4.69) is 39.6 Å². The molecule has 1 amide bonds. The van der Waals surface area contributed by atoms with Crippen LogP contribution in [0.4, 0.5) is 0 Å². The molecule has 2 rings (SSSR count). The van der Waals surface area contributed by atoms with Crippen molar-refractivity contribution in [2.45, 2.75) is 25.8 Å². The van der Waals surface area contributed by atoms with Crippen LogP contribution in [0.1, 0.15) is 25.3 Å². The molecule has 21 heavy (non-hydrogen) atoms. The standard InChI is InChI=1S/C16H24BrN3O/c1-12(2)20-9-7-19(8-10-20)11-15(16(18)21)13-3-5-14(17)6-4-13/h3-6,12,15H,7-11H2,1-2H3,(H2,18,21)/t15-/m1/s1. The number of hydrogen-bond donors (Lipinski definition) is 1. The van der Waals surface area contributed by atoms with Gasteiger partial charge in [0, 0.05) is 43.2 Å². The van der Waals surface area contributed by atoms with E-state index in [0.29, 0.717) is 12.6 Å². The Morgan fingerprint density at radius 2 is 1.76 bits per heavy atom. The van der Waals surface area contributed by atoms with Crippen LogP contribution in [0, 0.1) is 0 Å². The minimum Gasteiger partial charge on any atom is -0.369 e. The van der Waals surface area contributed by atoms with Gasteiger partial charge in [0.05, 0.1) is 5.92 Å². The number of carbonyl (C=O) groups excluding carboxylic acids is 1. The van der Waals surface area contributed by atoms with Gasteiger partial charge in [0.15, 0.2) is 0 Å². The second kappa shape index (κ2) is 7.38. The van der Waals surface area contributed by atoms with E-state index in [4.69, 9.17) is 5.73 Å². The van der Waals surface area contributed by atoms with Crippen molar-refractivity contribution >= 4 is 21.8 Å². The van der Waals surface area contributed by atoms with Gasteiger partial charge in [-0.3, -0.25) is 14.6 Å². The van der Waals surface area contributed by atoms with Crippen LogP contribution in [-0.4, -0.2) is 54.5 Å². The second-order valence-electron chi connectivity index (χ2n) is 5.94. The van der Waals surface area contributed by atoms with Crippen molar-refractivity contribution in [2.24, 2.45) is 5.73 Å². The zero-order chi connectivity index (χ0) is 15.4. The lowest BCUT2D eigenvalue weighted by molar-refractivity contribution is -0.120. The highest BCUT2D eigenvalue weighted by molar-refractivity contribution is 9.10. The first-order valence-corrected chi connectivity index (χ1v) is 8.28. The number of rotatable bonds is 5. The van der Waals surface area contributed by atoms with Gasteiger partial charge in [0.1, 0.15) is 0 Å². The molecule has 5 heteroatoms. The molecule has 0 unspecified atom stereocenters. The highest BCUT2D eigenvalue weighted by Gasteiger charge is 2.25. The number of halogens is 1. The molecule has 1 aromatic carbocycles. The Morgan fingerprint density at radius 1 is 1.19 bits per heavy atom. The molecule has 0 aliphatic carbocycles. The van der Waals surface area contributed by atoms with Gasteiger partial charge in [-0.2, -0.15) is 0 Å². The minimum atomic E-state index is -0.247. The van der Waals surface area contributed by atoms with Crippen LogP contribution in [-0.2, 0) is 4.79 Å². The average molecular weight is 354 g/mol. The van der Waals surface area contributed by atoms with Gasteiger partial charge in [0.2, 0.25) is 5.91 Å². The predicted molar refractivity (Wildman–Crippen MR) is 89.2 cm³/mol. The van der Waals surface area contributed by atoms with Crippen LogP contribution in [0.2, 0.25) is 0 Å². The van der Waals surface area contributed by atoms with E-state index in [1.807, 2.05) is 24.3 Å². The van der Waals surface area contributed by atoms with E-state index in [9.17, 15) is 4.79 Å². The topological polar surface area (TPSA) is 49.6 Å². The molecule has 2 N–H and O–H groups in total. The molecule has 116 valence electrons. The van der Waals surface area contributed by atoms with E-state index in [1.54, 1.807) is 0 Å². The number of primary amides is 1. The number of nitrogens with zero attached hydrogens (tertiary/aromatic N) is 2. The number of amides is 1. The molecule has 0 radical (unpaired) electrons. The van der Waals surface area contributed by atoms with Crippen LogP contribution in [0.15, 0.2) is 28.7 Å². The monoisotopic (exact) mass is 353 g/mol. The van der Waals surface area contributed by atoms with Crippen molar-refractivity contribution in [3.8, 4) is 0 Å². The van der Waals surface area contributed by atoms with E-state index < -0.39 is 0 Å². The van der Waals surface area contributed by atoms with Crippen LogP contribution >= 0.6 is 15.9 Å². The van der Waals surface area contributed by atoms with E-state index in [0.717, 1.165) is 36.2 Å². The third-order valence-corrected chi connectivity index (χ3v) is 4.72. The van der Waals surface area contributed by atoms with E-state index in [-0.39, 0.29) is 11.8 Å². The maximum atomic E-state index is 11.8. The first kappa shape index (κ1) is 16.5. The van der Waals surface area contributed by atoms with Crippen LogP contribution in [0.5, 0.6) is 0 Å². The zero-order valence-electron chi connectivity index (χ0n) is 12.8. The summed E-state index contributed by atoms with van der Waals surface area (Å²) in [6.07, 6.45) is 0. The molecule has 1 aliphatic heterocycles. The summed E-state index contributed by atoms with van der Waals surface area (Å²) in [6.45, 7) is 9.28. The Bertz CT molecular complexity index is 467. The normalized spacial score (nSPS) is 18.9. The number of nitrogens with two attached hydrogens (primary N) is 1. The summed E-state index contributed by atoms with van der Waals surface area (Å²) in [5.41, 5.74) is 6.61. The van der Waals surface area contributed by atoms with Gasteiger partial charge in [-0.1, -0.05) is 28.1 Å².